The number of aromatic nitrogens is 2. The average Bonchev–Trinajstić information content (AvgIpc) is 2.53. The number of quaternary nitrogens is 1. The van der Waals surface area contributed by atoms with Crippen molar-refractivity contribution in [3.63, 3.8) is 0 Å². The van der Waals surface area contributed by atoms with Crippen LogP contribution in [-0.4, -0.2) is 23.6 Å². The fourth-order valence-electron chi connectivity index (χ4n) is 2.51. The number of hydrogen-bond acceptors (Lipinski definition) is 4. The van der Waals surface area contributed by atoms with Gasteiger partial charge in [-0.3, -0.25) is 4.98 Å². The molecule has 0 amide bonds. The van der Waals surface area contributed by atoms with Gasteiger partial charge in [0.1, 0.15) is 17.6 Å². The summed E-state index contributed by atoms with van der Waals surface area (Å²) in [6, 6.07) is 8.29. The van der Waals surface area contributed by atoms with Crippen molar-refractivity contribution in [2.45, 2.75) is 23.7 Å². The van der Waals surface area contributed by atoms with Crippen molar-refractivity contribution in [3.05, 3.63) is 53.0 Å². The summed E-state index contributed by atoms with van der Waals surface area (Å²) >= 11 is 1.62. The van der Waals surface area contributed by atoms with Crippen molar-refractivity contribution in [1.29, 1.82) is 5.26 Å². The van der Waals surface area contributed by atoms with Gasteiger partial charge in [-0.2, -0.15) is 5.26 Å². The zero-order valence-corrected chi connectivity index (χ0v) is 12.8. The van der Waals surface area contributed by atoms with Gasteiger partial charge in [0.05, 0.1) is 24.8 Å². The Labute approximate surface area is 128 Å². The van der Waals surface area contributed by atoms with E-state index in [4.69, 9.17) is 4.98 Å². The van der Waals surface area contributed by atoms with Gasteiger partial charge in [-0.15, -0.1) is 11.8 Å². The van der Waals surface area contributed by atoms with Crippen molar-refractivity contribution in [2.24, 2.45) is 0 Å². The first-order chi connectivity index (χ1) is 10.3. The smallest absolute Gasteiger partial charge is 0.114 e. The highest BCUT2D eigenvalue weighted by molar-refractivity contribution is 7.98. The molecule has 0 saturated heterocycles. The molecule has 1 aliphatic rings. The SMILES string of the molecule is C[NH+]1CCc2nc(SCc3cccnc3)c(C#N)cc2C1. The minimum Gasteiger partial charge on any atom is -0.333 e. The van der Waals surface area contributed by atoms with E-state index in [1.807, 2.05) is 24.4 Å². The van der Waals surface area contributed by atoms with Gasteiger partial charge in [-0.05, 0) is 17.7 Å². The van der Waals surface area contributed by atoms with Crippen LogP contribution in [0.25, 0.3) is 0 Å². The third-order valence-electron chi connectivity index (χ3n) is 3.66. The molecule has 2 aromatic heterocycles. The maximum atomic E-state index is 9.36. The van der Waals surface area contributed by atoms with E-state index in [0.29, 0.717) is 5.56 Å². The molecule has 21 heavy (non-hydrogen) atoms. The van der Waals surface area contributed by atoms with Crippen LogP contribution in [0.15, 0.2) is 35.6 Å². The standard InChI is InChI=1S/C16H16N4S/c1-20-6-4-15-14(10-20)7-13(8-17)16(19-15)21-11-12-3-2-5-18-9-12/h2-3,5,7,9H,4,6,10-11H2,1H3/p+1. The first-order valence-electron chi connectivity index (χ1n) is 7.02. The first-order valence-corrected chi connectivity index (χ1v) is 8.00. The molecule has 4 nitrogen and oxygen atoms in total. The molecular formula is C16H17N4S+. The molecule has 0 aliphatic carbocycles. The van der Waals surface area contributed by atoms with Crippen LogP contribution in [0, 0.1) is 11.3 Å². The Hall–Kier alpha value is -1.90. The Balaban J connectivity index is 1.83. The number of pyridine rings is 2. The van der Waals surface area contributed by atoms with Crippen molar-refractivity contribution in [1.82, 2.24) is 9.97 Å². The van der Waals surface area contributed by atoms with Gasteiger partial charge in [0.25, 0.3) is 0 Å². The highest BCUT2D eigenvalue weighted by Gasteiger charge is 2.20. The molecule has 106 valence electrons. The number of rotatable bonds is 3. The molecule has 5 heteroatoms. The lowest BCUT2D eigenvalue weighted by Crippen LogP contribution is -3.08. The van der Waals surface area contributed by atoms with Crippen LogP contribution in [-0.2, 0) is 18.7 Å². The highest BCUT2D eigenvalue weighted by atomic mass is 32.2. The Morgan fingerprint density at radius 3 is 3.14 bits per heavy atom. The minimum absolute atomic E-state index is 0.692. The first kappa shape index (κ1) is 14.1. The van der Waals surface area contributed by atoms with E-state index in [9.17, 15) is 5.26 Å². The van der Waals surface area contributed by atoms with Gasteiger partial charge in [0.2, 0.25) is 0 Å². The molecule has 1 unspecified atom stereocenters. The number of fused-ring (bicyclic) bond motifs is 1. The summed E-state index contributed by atoms with van der Waals surface area (Å²) in [5, 5.41) is 10.2. The van der Waals surface area contributed by atoms with Crippen molar-refractivity contribution < 1.29 is 4.90 Å². The van der Waals surface area contributed by atoms with Gasteiger partial charge in [0.15, 0.2) is 0 Å². The number of hydrogen-bond donors (Lipinski definition) is 1. The third kappa shape index (κ3) is 3.23. The van der Waals surface area contributed by atoms with Gasteiger partial charge >= 0.3 is 0 Å². The molecule has 3 rings (SSSR count). The molecule has 0 fully saturated rings. The normalized spacial score (nSPS) is 17.0. The highest BCUT2D eigenvalue weighted by Crippen LogP contribution is 2.26. The second-order valence-corrected chi connectivity index (χ2v) is 6.31. The number of likely N-dealkylation sites (N-methyl/N-ethyl adjacent to an activating group) is 1. The van der Waals surface area contributed by atoms with Crippen LogP contribution in [0.4, 0.5) is 0 Å². The van der Waals surface area contributed by atoms with Crippen molar-refractivity contribution in [3.8, 4) is 6.07 Å². The molecular weight excluding hydrogens is 280 g/mol. The maximum Gasteiger partial charge on any atom is 0.114 e. The molecule has 0 bridgehead atoms. The molecule has 1 aliphatic heterocycles. The summed E-state index contributed by atoms with van der Waals surface area (Å²) in [7, 11) is 2.18. The summed E-state index contributed by atoms with van der Waals surface area (Å²) in [4.78, 5) is 10.3. The molecule has 1 N–H and O–H groups in total. The quantitative estimate of drug-likeness (QED) is 0.865. The topological polar surface area (TPSA) is 54.0 Å². The largest absolute Gasteiger partial charge is 0.333 e. The Morgan fingerprint density at radius 1 is 1.48 bits per heavy atom. The van der Waals surface area contributed by atoms with E-state index >= 15 is 0 Å². The second kappa shape index (κ2) is 6.25. The summed E-state index contributed by atoms with van der Waals surface area (Å²) in [6.45, 7) is 2.07. The monoisotopic (exact) mass is 297 g/mol. The molecule has 0 saturated carbocycles. The number of thioether (sulfide) groups is 1. The molecule has 2 aromatic rings. The number of nitriles is 1. The lowest BCUT2D eigenvalue weighted by atomic mass is 10.0. The summed E-state index contributed by atoms with van der Waals surface area (Å²) in [5.41, 5.74) is 4.22. The van der Waals surface area contributed by atoms with Gasteiger partial charge in [0, 0.05) is 30.1 Å². The molecule has 0 spiro atoms. The zero-order chi connectivity index (χ0) is 14.7. The van der Waals surface area contributed by atoms with Crippen LogP contribution in [0.1, 0.15) is 22.4 Å². The lowest BCUT2D eigenvalue weighted by Gasteiger charge is -2.22. The van der Waals surface area contributed by atoms with Crippen LogP contribution in [0.2, 0.25) is 0 Å². The fourth-order valence-corrected chi connectivity index (χ4v) is 3.42. The predicted octanol–water partition coefficient (Wildman–Crippen LogP) is 1.21. The molecule has 0 radical (unpaired) electrons. The number of nitrogens with one attached hydrogen (secondary N) is 1. The van der Waals surface area contributed by atoms with Gasteiger partial charge in [-0.25, -0.2) is 4.98 Å². The predicted molar refractivity (Wildman–Crippen MR) is 81.9 cm³/mol. The van der Waals surface area contributed by atoms with Crippen molar-refractivity contribution >= 4 is 11.8 Å². The van der Waals surface area contributed by atoms with E-state index in [0.717, 1.165) is 41.5 Å². The average molecular weight is 297 g/mol. The summed E-state index contributed by atoms with van der Waals surface area (Å²) in [6.07, 6.45) is 4.62. The van der Waals surface area contributed by atoms with E-state index in [-0.39, 0.29) is 0 Å². The van der Waals surface area contributed by atoms with Crippen molar-refractivity contribution in [2.75, 3.05) is 13.6 Å². The van der Waals surface area contributed by atoms with E-state index in [1.54, 1.807) is 18.0 Å². The summed E-state index contributed by atoms with van der Waals surface area (Å²) in [5.74, 6) is 0.791. The lowest BCUT2D eigenvalue weighted by molar-refractivity contribution is -0.895. The number of nitrogens with zero attached hydrogens (tertiary/aromatic N) is 3. The third-order valence-corrected chi connectivity index (χ3v) is 4.72. The Bertz CT molecular complexity index is 679. The zero-order valence-electron chi connectivity index (χ0n) is 12.0. The van der Waals surface area contributed by atoms with Crippen LogP contribution in [0.5, 0.6) is 0 Å². The van der Waals surface area contributed by atoms with Crippen LogP contribution < -0.4 is 4.90 Å². The van der Waals surface area contributed by atoms with E-state index in [2.05, 4.69) is 18.1 Å². The van der Waals surface area contributed by atoms with Gasteiger partial charge < -0.3 is 4.90 Å². The van der Waals surface area contributed by atoms with Gasteiger partial charge in [-0.1, -0.05) is 6.07 Å². The van der Waals surface area contributed by atoms with E-state index < -0.39 is 0 Å². The molecule has 3 heterocycles. The van der Waals surface area contributed by atoms with Crippen LogP contribution in [0.3, 0.4) is 0 Å². The van der Waals surface area contributed by atoms with Crippen LogP contribution >= 0.6 is 11.8 Å². The fraction of sp³-hybridized carbons (Fsp3) is 0.312. The Morgan fingerprint density at radius 2 is 2.38 bits per heavy atom. The Kier molecular flexibility index (Phi) is 4.18. The molecule has 0 aromatic carbocycles. The maximum absolute atomic E-state index is 9.36. The van der Waals surface area contributed by atoms with E-state index in [1.165, 1.54) is 10.5 Å². The summed E-state index contributed by atoms with van der Waals surface area (Å²) < 4.78 is 0. The second-order valence-electron chi connectivity index (χ2n) is 5.34. The molecule has 1 atom stereocenters. The minimum atomic E-state index is 0.692.